The van der Waals surface area contributed by atoms with Crippen molar-refractivity contribution in [2.45, 2.75) is 19.3 Å². The van der Waals surface area contributed by atoms with Gasteiger partial charge in [-0.25, -0.2) is 0 Å². The van der Waals surface area contributed by atoms with Crippen molar-refractivity contribution in [1.82, 2.24) is 15.5 Å². The van der Waals surface area contributed by atoms with Crippen molar-refractivity contribution in [2.75, 3.05) is 13.1 Å². The number of hydrogen-bond donors (Lipinski definition) is 1. The minimum Gasteiger partial charge on any atom is -0.333 e. The van der Waals surface area contributed by atoms with Crippen LogP contribution in [0.5, 0.6) is 0 Å². The maximum absolute atomic E-state index is 5.35. The molecule has 0 spiro atoms. The minimum absolute atomic E-state index is 0.607. The van der Waals surface area contributed by atoms with Crippen LogP contribution < -0.4 is 5.32 Å². The van der Waals surface area contributed by atoms with Gasteiger partial charge in [-0.15, -0.1) is 11.3 Å². The summed E-state index contributed by atoms with van der Waals surface area (Å²) in [6.45, 7) is 2.19. The highest BCUT2D eigenvalue weighted by Crippen LogP contribution is 2.37. The smallest absolute Gasteiger partial charge is 0.268 e. The fraction of sp³-hybridized carbons (Fsp3) is 0.500. The second kappa shape index (κ2) is 6.03. The zero-order valence-electron chi connectivity index (χ0n) is 10.2. The summed E-state index contributed by atoms with van der Waals surface area (Å²) in [7, 11) is 0. The molecule has 1 fully saturated rings. The molecule has 19 heavy (non-hydrogen) atoms. The zero-order valence-corrected chi connectivity index (χ0v) is 14.1. The molecule has 0 radical (unpaired) electrons. The first-order valence-corrected chi connectivity index (χ1v) is 8.61. The Morgan fingerprint density at radius 1 is 1.47 bits per heavy atom. The molecule has 1 atom stereocenters. The molecule has 1 N–H and O–H groups in total. The van der Waals surface area contributed by atoms with Gasteiger partial charge in [0.15, 0.2) is 5.82 Å². The molecule has 3 heterocycles. The fourth-order valence-electron chi connectivity index (χ4n) is 2.25. The van der Waals surface area contributed by atoms with Crippen molar-refractivity contribution in [2.24, 2.45) is 5.92 Å². The maximum Gasteiger partial charge on any atom is 0.268 e. The molecule has 0 saturated carbocycles. The van der Waals surface area contributed by atoms with E-state index in [9.17, 15) is 0 Å². The maximum atomic E-state index is 5.35. The molecule has 0 bridgehead atoms. The van der Waals surface area contributed by atoms with Gasteiger partial charge in [0, 0.05) is 10.9 Å². The first-order valence-electron chi connectivity index (χ1n) is 6.21. The second-order valence-corrected chi connectivity index (χ2v) is 7.89. The Balaban J connectivity index is 1.72. The number of rotatable bonds is 3. The van der Waals surface area contributed by atoms with E-state index in [0.29, 0.717) is 11.8 Å². The lowest BCUT2D eigenvalue weighted by Gasteiger charge is -2.20. The van der Waals surface area contributed by atoms with Crippen molar-refractivity contribution >= 4 is 43.2 Å². The number of halogens is 2. The first kappa shape index (κ1) is 13.7. The van der Waals surface area contributed by atoms with E-state index in [1.807, 2.05) is 6.07 Å². The zero-order chi connectivity index (χ0) is 13.2. The van der Waals surface area contributed by atoms with Crippen LogP contribution in [0, 0.1) is 5.92 Å². The van der Waals surface area contributed by atoms with Gasteiger partial charge in [0.25, 0.3) is 5.89 Å². The monoisotopic (exact) mass is 405 g/mol. The third-order valence-corrected chi connectivity index (χ3v) is 6.44. The van der Waals surface area contributed by atoms with Gasteiger partial charge < -0.3 is 9.84 Å². The van der Waals surface area contributed by atoms with Crippen LogP contribution in [0.3, 0.4) is 0 Å². The molecular formula is C12H13Br2N3OS. The van der Waals surface area contributed by atoms with E-state index in [1.54, 1.807) is 11.3 Å². The molecule has 3 rings (SSSR count). The number of piperidine rings is 1. The lowest BCUT2D eigenvalue weighted by atomic mass is 9.96. The molecule has 0 amide bonds. The van der Waals surface area contributed by atoms with Crippen LogP contribution in [0.15, 0.2) is 18.8 Å². The molecule has 7 heteroatoms. The average molecular weight is 407 g/mol. The largest absolute Gasteiger partial charge is 0.333 e. The van der Waals surface area contributed by atoms with Crippen molar-refractivity contribution in [3.05, 3.63) is 20.1 Å². The lowest BCUT2D eigenvalue weighted by molar-refractivity contribution is 0.360. The van der Waals surface area contributed by atoms with Crippen molar-refractivity contribution in [3.63, 3.8) is 0 Å². The highest BCUT2D eigenvalue weighted by atomic mass is 79.9. The predicted octanol–water partition coefficient (Wildman–Crippen LogP) is 3.87. The molecule has 102 valence electrons. The van der Waals surface area contributed by atoms with Crippen LogP contribution in [-0.4, -0.2) is 23.2 Å². The SMILES string of the molecule is Brc1cc(-c2nc(CC3CCCNC3)no2)sc1Br. The van der Waals surface area contributed by atoms with Crippen LogP contribution in [0.4, 0.5) is 0 Å². The highest BCUT2D eigenvalue weighted by Gasteiger charge is 2.18. The summed E-state index contributed by atoms with van der Waals surface area (Å²) in [5, 5.41) is 7.50. The molecule has 2 aromatic heterocycles. The van der Waals surface area contributed by atoms with Crippen LogP contribution >= 0.6 is 43.2 Å². The van der Waals surface area contributed by atoms with Crippen LogP contribution in [0.25, 0.3) is 10.8 Å². The Morgan fingerprint density at radius 2 is 2.37 bits per heavy atom. The molecule has 1 saturated heterocycles. The van der Waals surface area contributed by atoms with E-state index in [1.165, 1.54) is 12.8 Å². The Hall–Kier alpha value is -0.240. The van der Waals surface area contributed by atoms with Crippen molar-refractivity contribution < 1.29 is 4.52 Å². The second-order valence-electron chi connectivity index (χ2n) is 4.66. The summed E-state index contributed by atoms with van der Waals surface area (Å²) in [5.74, 6) is 2.04. The molecule has 4 nitrogen and oxygen atoms in total. The van der Waals surface area contributed by atoms with Crippen LogP contribution in [-0.2, 0) is 6.42 Å². The number of nitrogens with zero attached hydrogens (tertiary/aromatic N) is 2. The van der Waals surface area contributed by atoms with E-state index in [-0.39, 0.29) is 0 Å². The number of nitrogens with one attached hydrogen (secondary N) is 1. The highest BCUT2D eigenvalue weighted by molar-refractivity contribution is 9.13. The van der Waals surface area contributed by atoms with Crippen LogP contribution in [0.2, 0.25) is 0 Å². The van der Waals surface area contributed by atoms with Gasteiger partial charge in [-0.3, -0.25) is 0 Å². The molecular weight excluding hydrogens is 394 g/mol. The molecule has 1 aliphatic rings. The summed E-state index contributed by atoms with van der Waals surface area (Å²) in [5.41, 5.74) is 0. The Kier molecular flexibility index (Phi) is 4.36. The number of hydrogen-bond acceptors (Lipinski definition) is 5. The summed E-state index contributed by atoms with van der Waals surface area (Å²) < 4.78 is 7.41. The van der Waals surface area contributed by atoms with Crippen molar-refractivity contribution in [1.29, 1.82) is 0 Å². The standard InChI is InChI=1S/C12H13Br2N3OS/c13-8-5-9(19-11(8)14)12-16-10(17-18-12)4-7-2-1-3-15-6-7/h5,7,15H,1-4,6H2. The topological polar surface area (TPSA) is 51.0 Å². The van der Waals surface area contributed by atoms with Gasteiger partial charge in [0.1, 0.15) is 0 Å². The lowest BCUT2D eigenvalue weighted by Crippen LogP contribution is -2.31. The van der Waals surface area contributed by atoms with Gasteiger partial charge in [0.05, 0.1) is 8.66 Å². The summed E-state index contributed by atoms with van der Waals surface area (Å²) in [6, 6.07) is 1.99. The van der Waals surface area contributed by atoms with Crippen LogP contribution in [0.1, 0.15) is 18.7 Å². The Bertz CT molecular complexity index is 544. The molecule has 1 aliphatic heterocycles. The van der Waals surface area contributed by atoms with Gasteiger partial charge in [0.2, 0.25) is 0 Å². The molecule has 1 unspecified atom stereocenters. The molecule has 0 aliphatic carbocycles. The third kappa shape index (κ3) is 3.26. The predicted molar refractivity (Wildman–Crippen MR) is 82.3 cm³/mol. The number of aromatic nitrogens is 2. The quantitative estimate of drug-likeness (QED) is 0.840. The van der Waals surface area contributed by atoms with E-state index in [0.717, 1.165) is 38.5 Å². The molecule has 2 aromatic rings. The van der Waals surface area contributed by atoms with Crippen molar-refractivity contribution in [3.8, 4) is 10.8 Å². The number of thiophene rings is 1. The normalized spacial score (nSPS) is 19.8. The van der Waals surface area contributed by atoms with Gasteiger partial charge in [-0.1, -0.05) is 5.16 Å². The first-order chi connectivity index (χ1) is 9.22. The average Bonchev–Trinajstić information content (AvgIpc) is 2.99. The third-order valence-electron chi connectivity index (χ3n) is 3.19. The van der Waals surface area contributed by atoms with Gasteiger partial charge in [-0.05, 0) is 69.8 Å². The molecule has 0 aromatic carbocycles. The Labute approximate surface area is 132 Å². The van der Waals surface area contributed by atoms with E-state index in [2.05, 4.69) is 47.3 Å². The van der Waals surface area contributed by atoms with E-state index >= 15 is 0 Å². The summed E-state index contributed by atoms with van der Waals surface area (Å²) in [6.07, 6.45) is 3.37. The summed E-state index contributed by atoms with van der Waals surface area (Å²) >= 11 is 8.53. The fourth-order valence-corrected chi connectivity index (χ4v) is 4.20. The Morgan fingerprint density at radius 3 is 3.05 bits per heavy atom. The van der Waals surface area contributed by atoms with E-state index in [4.69, 9.17) is 4.52 Å². The van der Waals surface area contributed by atoms with Gasteiger partial charge in [-0.2, -0.15) is 4.98 Å². The van der Waals surface area contributed by atoms with E-state index < -0.39 is 0 Å². The minimum atomic E-state index is 0.607. The summed E-state index contributed by atoms with van der Waals surface area (Å²) in [4.78, 5) is 5.48. The van der Waals surface area contributed by atoms with Gasteiger partial charge >= 0.3 is 0 Å².